The van der Waals surface area contributed by atoms with Crippen LogP contribution in [0.2, 0.25) is 0 Å². The van der Waals surface area contributed by atoms with Gasteiger partial charge in [0.15, 0.2) is 6.73 Å². The number of hydrogen-bond acceptors (Lipinski definition) is 5. The maximum Gasteiger partial charge on any atom is 0.358 e. The molecule has 1 aliphatic rings. The maximum atomic E-state index is 12.2. The highest BCUT2D eigenvalue weighted by molar-refractivity contribution is 6.21. The molecule has 6 nitrogen and oxygen atoms in total. The maximum absolute atomic E-state index is 12.2. The van der Waals surface area contributed by atoms with E-state index in [1.807, 2.05) is 18.2 Å². The van der Waals surface area contributed by atoms with Gasteiger partial charge in [-0.05, 0) is 24.3 Å². The number of amides is 2. The average Bonchev–Trinajstić information content (AvgIpc) is 2.90. The molecule has 0 bridgehead atoms. The molecule has 0 radical (unpaired) electrons. The van der Waals surface area contributed by atoms with Crippen molar-refractivity contribution in [2.45, 2.75) is 0 Å². The smallest absolute Gasteiger partial charge is 0.358 e. The zero-order chi connectivity index (χ0) is 17.4. The number of esters is 1. The molecule has 2 heterocycles. The van der Waals surface area contributed by atoms with E-state index in [-0.39, 0.29) is 5.69 Å². The van der Waals surface area contributed by atoms with Crippen molar-refractivity contribution >= 4 is 28.7 Å². The second-order valence-electron chi connectivity index (χ2n) is 5.53. The average molecular weight is 332 g/mol. The molecule has 0 atom stereocenters. The molecule has 0 aliphatic carbocycles. The van der Waals surface area contributed by atoms with Gasteiger partial charge in [0.05, 0.1) is 16.6 Å². The number of aromatic nitrogens is 1. The lowest BCUT2D eigenvalue weighted by Crippen LogP contribution is -2.33. The van der Waals surface area contributed by atoms with Gasteiger partial charge in [0.2, 0.25) is 0 Å². The fourth-order valence-corrected chi connectivity index (χ4v) is 2.73. The van der Waals surface area contributed by atoms with Crippen LogP contribution in [0.25, 0.3) is 10.9 Å². The minimum Gasteiger partial charge on any atom is -0.439 e. The van der Waals surface area contributed by atoms with Gasteiger partial charge in [-0.2, -0.15) is 0 Å². The zero-order valence-electron chi connectivity index (χ0n) is 13.0. The van der Waals surface area contributed by atoms with Gasteiger partial charge >= 0.3 is 5.97 Å². The number of para-hydroxylation sites is 1. The molecule has 0 unspecified atom stereocenters. The van der Waals surface area contributed by atoms with Crippen molar-refractivity contribution in [3.8, 4) is 0 Å². The largest absolute Gasteiger partial charge is 0.439 e. The van der Waals surface area contributed by atoms with E-state index in [1.165, 1.54) is 0 Å². The highest BCUT2D eigenvalue weighted by atomic mass is 16.5. The molecule has 2 amide bonds. The normalized spacial score (nSPS) is 13.2. The molecule has 0 saturated heterocycles. The van der Waals surface area contributed by atoms with E-state index < -0.39 is 24.5 Å². The number of fused-ring (bicyclic) bond motifs is 2. The Morgan fingerprint density at radius 1 is 0.880 bits per heavy atom. The Morgan fingerprint density at radius 2 is 1.52 bits per heavy atom. The lowest BCUT2D eigenvalue weighted by molar-refractivity contribution is 0.0224. The van der Waals surface area contributed by atoms with Crippen molar-refractivity contribution < 1.29 is 19.1 Å². The Kier molecular flexibility index (Phi) is 3.50. The summed E-state index contributed by atoms with van der Waals surface area (Å²) in [5.74, 6) is -1.64. The SMILES string of the molecule is O=C(OCN1C(=O)c2ccccc2C1=O)c1ccc2ccccc2n1. The van der Waals surface area contributed by atoms with Crippen LogP contribution in [-0.2, 0) is 4.74 Å². The molecule has 2 aromatic carbocycles. The Labute approximate surface area is 142 Å². The number of nitrogens with zero attached hydrogens (tertiary/aromatic N) is 2. The molecule has 25 heavy (non-hydrogen) atoms. The molecular formula is C19H12N2O4. The van der Waals surface area contributed by atoms with Gasteiger partial charge in [0.1, 0.15) is 5.69 Å². The van der Waals surface area contributed by atoms with Crippen LogP contribution in [0.15, 0.2) is 60.7 Å². The first-order chi connectivity index (χ1) is 12.1. The Bertz CT molecular complexity index is 994. The van der Waals surface area contributed by atoms with Crippen LogP contribution in [0.4, 0.5) is 0 Å². The minimum absolute atomic E-state index is 0.121. The molecule has 1 aliphatic heterocycles. The lowest BCUT2D eigenvalue weighted by Gasteiger charge is -2.13. The van der Waals surface area contributed by atoms with Gasteiger partial charge in [-0.3, -0.25) is 9.59 Å². The molecule has 3 aromatic rings. The molecule has 0 N–H and O–H groups in total. The summed E-state index contributed by atoms with van der Waals surface area (Å²) in [6, 6.07) is 17.2. The van der Waals surface area contributed by atoms with Gasteiger partial charge in [-0.1, -0.05) is 36.4 Å². The number of ether oxygens (including phenoxy) is 1. The zero-order valence-corrected chi connectivity index (χ0v) is 13.0. The van der Waals surface area contributed by atoms with E-state index in [2.05, 4.69) is 4.98 Å². The van der Waals surface area contributed by atoms with Crippen LogP contribution in [0.3, 0.4) is 0 Å². The molecular weight excluding hydrogens is 320 g/mol. The summed E-state index contributed by atoms with van der Waals surface area (Å²) in [5.41, 5.74) is 1.41. The van der Waals surface area contributed by atoms with Crippen molar-refractivity contribution in [1.29, 1.82) is 0 Å². The highest BCUT2D eigenvalue weighted by Gasteiger charge is 2.35. The van der Waals surface area contributed by atoms with E-state index in [0.29, 0.717) is 16.6 Å². The van der Waals surface area contributed by atoms with Crippen LogP contribution >= 0.6 is 0 Å². The Balaban J connectivity index is 1.50. The van der Waals surface area contributed by atoms with Gasteiger partial charge in [0.25, 0.3) is 11.8 Å². The molecule has 0 saturated carbocycles. The van der Waals surface area contributed by atoms with Crippen LogP contribution < -0.4 is 0 Å². The number of carbonyl (C=O) groups is 3. The number of hydrogen-bond donors (Lipinski definition) is 0. The molecule has 122 valence electrons. The first kappa shape index (κ1) is 15.0. The van der Waals surface area contributed by atoms with E-state index in [4.69, 9.17) is 4.74 Å². The number of rotatable bonds is 3. The van der Waals surface area contributed by atoms with Crippen molar-refractivity contribution in [3.05, 3.63) is 77.5 Å². The summed E-state index contributed by atoms with van der Waals surface area (Å²) in [4.78, 5) is 41.8. The number of pyridine rings is 1. The predicted molar refractivity (Wildman–Crippen MR) is 89.0 cm³/mol. The van der Waals surface area contributed by atoms with Crippen LogP contribution in [-0.4, -0.2) is 34.4 Å². The Morgan fingerprint density at radius 3 is 2.24 bits per heavy atom. The first-order valence-corrected chi connectivity index (χ1v) is 7.63. The fourth-order valence-electron chi connectivity index (χ4n) is 2.73. The monoisotopic (exact) mass is 332 g/mol. The standard InChI is InChI=1S/C19H12N2O4/c22-17-13-6-2-3-7-14(13)18(23)21(17)11-25-19(24)16-10-9-12-5-1-4-8-15(12)20-16/h1-10H,11H2. The number of imide groups is 1. The van der Waals surface area contributed by atoms with Gasteiger partial charge in [0, 0.05) is 5.39 Å². The molecule has 6 heteroatoms. The van der Waals surface area contributed by atoms with E-state index in [1.54, 1.807) is 42.5 Å². The third kappa shape index (κ3) is 2.53. The van der Waals surface area contributed by atoms with Gasteiger partial charge < -0.3 is 4.74 Å². The first-order valence-electron chi connectivity index (χ1n) is 7.63. The van der Waals surface area contributed by atoms with Crippen molar-refractivity contribution in [3.63, 3.8) is 0 Å². The predicted octanol–water partition coefficient (Wildman–Crippen LogP) is 2.65. The van der Waals surface area contributed by atoms with Gasteiger partial charge in [-0.15, -0.1) is 0 Å². The van der Waals surface area contributed by atoms with Crippen molar-refractivity contribution in [2.24, 2.45) is 0 Å². The quantitative estimate of drug-likeness (QED) is 0.544. The van der Waals surface area contributed by atoms with Gasteiger partial charge in [-0.25, -0.2) is 14.7 Å². The molecule has 4 rings (SSSR count). The van der Waals surface area contributed by atoms with E-state index in [9.17, 15) is 14.4 Å². The van der Waals surface area contributed by atoms with Crippen LogP contribution in [0, 0.1) is 0 Å². The third-order valence-electron chi connectivity index (χ3n) is 4.01. The van der Waals surface area contributed by atoms with E-state index in [0.717, 1.165) is 10.3 Å². The summed E-state index contributed by atoms with van der Waals surface area (Å²) in [5, 5.41) is 0.902. The summed E-state index contributed by atoms with van der Waals surface area (Å²) < 4.78 is 5.12. The van der Waals surface area contributed by atoms with Crippen molar-refractivity contribution in [2.75, 3.05) is 6.73 Å². The lowest BCUT2D eigenvalue weighted by atomic mass is 10.1. The van der Waals surface area contributed by atoms with Crippen LogP contribution in [0.5, 0.6) is 0 Å². The second kappa shape index (κ2) is 5.83. The summed E-state index contributed by atoms with van der Waals surface area (Å²) in [7, 11) is 0. The molecule has 1 aromatic heterocycles. The Hall–Kier alpha value is -3.54. The topological polar surface area (TPSA) is 76.6 Å². The van der Waals surface area contributed by atoms with Crippen molar-refractivity contribution in [1.82, 2.24) is 9.88 Å². The highest BCUT2D eigenvalue weighted by Crippen LogP contribution is 2.22. The molecule has 0 spiro atoms. The number of carbonyl (C=O) groups excluding carboxylic acids is 3. The van der Waals surface area contributed by atoms with Crippen LogP contribution in [0.1, 0.15) is 31.2 Å². The minimum atomic E-state index is -0.692. The third-order valence-corrected chi connectivity index (χ3v) is 4.01. The van der Waals surface area contributed by atoms with E-state index >= 15 is 0 Å². The fraction of sp³-hybridized carbons (Fsp3) is 0.0526. The summed E-state index contributed by atoms with van der Waals surface area (Å²) in [6.07, 6.45) is 0. The summed E-state index contributed by atoms with van der Waals surface area (Å²) in [6.45, 7) is -0.445. The number of benzene rings is 2. The second-order valence-corrected chi connectivity index (χ2v) is 5.53. The summed E-state index contributed by atoms with van der Waals surface area (Å²) >= 11 is 0. The molecule has 0 fully saturated rings.